The predicted octanol–water partition coefficient (Wildman–Crippen LogP) is 3.04. The Labute approximate surface area is 126 Å². The Morgan fingerprint density at radius 1 is 1.30 bits per heavy atom. The van der Waals surface area contributed by atoms with Gasteiger partial charge in [-0.05, 0) is 52.5 Å². The van der Waals surface area contributed by atoms with Crippen LogP contribution in [0, 0.1) is 0 Å². The lowest BCUT2D eigenvalue weighted by atomic mass is 10.2. The number of nitrogens with zero attached hydrogens (tertiary/aromatic N) is 3. The van der Waals surface area contributed by atoms with Gasteiger partial charge in [-0.1, -0.05) is 6.07 Å². The van der Waals surface area contributed by atoms with Gasteiger partial charge in [0.15, 0.2) is 0 Å². The maximum Gasteiger partial charge on any atom is 0.255 e. The number of hydrogen-bond donors (Lipinski definition) is 0. The lowest BCUT2D eigenvalue weighted by molar-refractivity contribution is 0.0729. The van der Waals surface area contributed by atoms with Crippen molar-refractivity contribution in [2.45, 2.75) is 25.4 Å². The fraction of sp³-hybridized carbons (Fsp3) is 0.267. The number of aromatic nitrogens is 2. The summed E-state index contributed by atoms with van der Waals surface area (Å²) in [5.41, 5.74) is 1.68. The molecule has 0 atom stereocenters. The van der Waals surface area contributed by atoms with Crippen molar-refractivity contribution < 1.29 is 4.79 Å². The van der Waals surface area contributed by atoms with Crippen LogP contribution in [0.3, 0.4) is 0 Å². The number of carbonyl (C=O) groups excluding carboxylic acids is 1. The van der Waals surface area contributed by atoms with E-state index in [0.717, 1.165) is 23.0 Å². The Bertz CT molecular complexity index is 596. The minimum atomic E-state index is 0.0383. The van der Waals surface area contributed by atoms with Gasteiger partial charge in [-0.15, -0.1) is 0 Å². The Morgan fingerprint density at radius 2 is 2.15 bits per heavy atom. The average molecular weight is 332 g/mol. The molecule has 1 saturated carbocycles. The molecule has 2 heterocycles. The molecule has 20 heavy (non-hydrogen) atoms. The minimum absolute atomic E-state index is 0.0383. The molecule has 0 aromatic carbocycles. The van der Waals surface area contributed by atoms with E-state index in [9.17, 15) is 4.79 Å². The van der Waals surface area contributed by atoms with Crippen LogP contribution in [0.15, 0.2) is 47.5 Å². The van der Waals surface area contributed by atoms with Gasteiger partial charge in [0.05, 0.1) is 5.56 Å². The quantitative estimate of drug-likeness (QED) is 0.809. The van der Waals surface area contributed by atoms with Gasteiger partial charge in [0.25, 0.3) is 5.91 Å². The van der Waals surface area contributed by atoms with E-state index in [1.165, 1.54) is 0 Å². The number of hydrogen-bond acceptors (Lipinski definition) is 3. The number of amides is 1. The average Bonchev–Trinajstić information content (AvgIpc) is 3.30. The molecule has 1 fully saturated rings. The molecule has 1 amide bonds. The van der Waals surface area contributed by atoms with Crippen molar-refractivity contribution in [3.8, 4) is 0 Å². The van der Waals surface area contributed by atoms with Crippen molar-refractivity contribution >= 4 is 21.8 Å². The third kappa shape index (κ3) is 3.04. The molecule has 0 spiro atoms. The van der Waals surface area contributed by atoms with E-state index in [1.54, 1.807) is 24.5 Å². The Balaban J connectivity index is 1.80. The Morgan fingerprint density at radius 3 is 2.75 bits per heavy atom. The van der Waals surface area contributed by atoms with E-state index in [2.05, 4.69) is 25.9 Å². The number of carbonyl (C=O) groups is 1. The molecule has 0 bridgehead atoms. The van der Waals surface area contributed by atoms with E-state index in [0.29, 0.717) is 18.2 Å². The highest BCUT2D eigenvalue weighted by Crippen LogP contribution is 2.29. The zero-order valence-corrected chi connectivity index (χ0v) is 12.5. The van der Waals surface area contributed by atoms with Crippen LogP contribution in [0.1, 0.15) is 28.8 Å². The molecule has 0 aliphatic heterocycles. The lowest BCUT2D eigenvalue weighted by Gasteiger charge is -2.22. The van der Waals surface area contributed by atoms with Gasteiger partial charge in [0.1, 0.15) is 4.60 Å². The Kier molecular flexibility index (Phi) is 3.78. The molecule has 3 rings (SSSR count). The van der Waals surface area contributed by atoms with Crippen LogP contribution in [0.25, 0.3) is 0 Å². The largest absolute Gasteiger partial charge is 0.331 e. The molecule has 2 aromatic rings. The number of rotatable bonds is 4. The summed E-state index contributed by atoms with van der Waals surface area (Å²) in [7, 11) is 0. The van der Waals surface area contributed by atoms with Crippen LogP contribution in [0.2, 0.25) is 0 Å². The molecule has 0 saturated heterocycles. The first kappa shape index (κ1) is 13.2. The molecule has 2 aromatic heterocycles. The summed E-state index contributed by atoms with van der Waals surface area (Å²) in [6.45, 7) is 0.605. The second-order valence-corrected chi connectivity index (χ2v) is 5.71. The van der Waals surface area contributed by atoms with Crippen LogP contribution in [0.4, 0.5) is 0 Å². The van der Waals surface area contributed by atoms with Crippen molar-refractivity contribution in [2.75, 3.05) is 0 Å². The topological polar surface area (TPSA) is 46.1 Å². The standard InChI is InChI=1S/C15H14BrN3O/c16-14-6-3-12(9-18-14)15(20)19(13-4-5-13)10-11-2-1-7-17-8-11/h1-3,6-9,13H,4-5,10H2. The van der Waals surface area contributed by atoms with Gasteiger partial charge in [-0.2, -0.15) is 0 Å². The van der Waals surface area contributed by atoms with Gasteiger partial charge in [-0.25, -0.2) is 4.98 Å². The summed E-state index contributed by atoms with van der Waals surface area (Å²) in [5, 5.41) is 0. The number of pyridine rings is 2. The zero-order valence-electron chi connectivity index (χ0n) is 10.9. The number of halogens is 1. The highest BCUT2D eigenvalue weighted by atomic mass is 79.9. The van der Waals surface area contributed by atoms with Crippen LogP contribution in [0.5, 0.6) is 0 Å². The van der Waals surface area contributed by atoms with Crippen molar-refractivity contribution in [1.82, 2.24) is 14.9 Å². The van der Waals surface area contributed by atoms with Gasteiger partial charge in [0, 0.05) is 31.2 Å². The zero-order chi connectivity index (χ0) is 13.9. The smallest absolute Gasteiger partial charge is 0.255 e. The van der Waals surface area contributed by atoms with E-state index in [1.807, 2.05) is 23.2 Å². The molecule has 0 unspecified atom stereocenters. The summed E-state index contributed by atoms with van der Waals surface area (Å²) >= 11 is 3.28. The monoisotopic (exact) mass is 331 g/mol. The van der Waals surface area contributed by atoms with Crippen LogP contribution in [-0.4, -0.2) is 26.8 Å². The molecular formula is C15H14BrN3O. The third-order valence-corrected chi connectivity index (χ3v) is 3.77. The molecule has 4 nitrogen and oxygen atoms in total. The molecule has 102 valence electrons. The summed E-state index contributed by atoms with van der Waals surface area (Å²) < 4.78 is 0.735. The van der Waals surface area contributed by atoms with E-state index in [4.69, 9.17) is 0 Å². The van der Waals surface area contributed by atoms with Gasteiger partial charge in [-0.3, -0.25) is 9.78 Å². The summed E-state index contributed by atoms with van der Waals surface area (Å²) in [6, 6.07) is 7.84. The van der Waals surface area contributed by atoms with Gasteiger partial charge in [0.2, 0.25) is 0 Å². The van der Waals surface area contributed by atoms with Crippen molar-refractivity contribution in [1.29, 1.82) is 0 Å². The summed E-state index contributed by atoms with van der Waals surface area (Å²) in [6.07, 6.45) is 7.32. The fourth-order valence-electron chi connectivity index (χ4n) is 2.11. The first-order valence-corrected chi connectivity index (χ1v) is 7.35. The highest BCUT2D eigenvalue weighted by molar-refractivity contribution is 9.10. The first-order valence-electron chi connectivity index (χ1n) is 6.55. The van der Waals surface area contributed by atoms with Crippen molar-refractivity contribution in [3.63, 3.8) is 0 Å². The molecule has 0 radical (unpaired) electrons. The van der Waals surface area contributed by atoms with Gasteiger partial charge >= 0.3 is 0 Å². The second kappa shape index (κ2) is 5.71. The molecule has 0 N–H and O–H groups in total. The first-order chi connectivity index (χ1) is 9.74. The van der Waals surface area contributed by atoms with E-state index in [-0.39, 0.29) is 5.91 Å². The molecular weight excluding hydrogens is 318 g/mol. The van der Waals surface area contributed by atoms with Crippen molar-refractivity contribution in [3.05, 3.63) is 58.6 Å². The minimum Gasteiger partial charge on any atom is -0.331 e. The molecule has 1 aliphatic carbocycles. The normalized spacial score (nSPS) is 14.1. The van der Waals surface area contributed by atoms with E-state index >= 15 is 0 Å². The second-order valence-electron chi connectivity index (χ2n) is 4.90. The van der Waals surface area contributed by atoms with Crippen molar-refractivity contribution in [2.24, 2.45) is 0 Å². The van der Waals surface area contributed by atoms with Crippen LogP contribution < -0.4 is 0 Å². The summed E-state index contributed by atoms with van der Waals surface area (Å²) in [4.78, 5) is 22.7. The fourth-order valence-corrected chi connectivity index (χ4v) is 2.34. The predicted molar refractivity (Wildman–Crippen MR) is 79.1 cm³/mol. The molecule has 1 aliphatic rings. The maximum absolute atomic E-state index is 12.6. The van der Waals surface area contributed by atoms with Crippen LogP contribution >= 0.6 is 15.9 Å². The summed E-state index contributed by atoms with van der Waals surface area (Å²) in [5.74, 6) is 0.0383. The third-order valence-electron chi connectivity index (χ3n) is 3.30. The highest BCUT2D eigenvalue weighted by Gasteiger charge is 2.33. The van der Waals surface area contributed by atoms with Gasteiger partial charge < -0.3 is 4.90 Å². The Hall–Kier alpha value is -1.75. The molecule has 5 heteroatoms. The lowest BCUT2D eigenvalue weighted by Crippen LogP contribution is -2.32. The van der Waals surface area contributed by atoms with Crippen LogP contribution in [-0.2, 0) is 6.54 Å². The SMILES string of the molecule is O=C(c1ccc(Br)nc1)N(Cc1cccnc1)C1CC1. The van der Waals surface area contributed by atoms with E-state index < -0.39 is 0 Å². The maximum atomic E-state index is 12.6.